The quantitative estimate of drug-likeness (QED) is 0.662. The van der Waals surface area contributed by atoms with E-state index in [0.29, 0.717) is 18.8 Å². The Morgan fingerprint density at radius 3 is 2.45 bits per heavy atom. The molecule has 1 unspecified atom stereocenters. The van der Waals surface area contributed by atoms with Crippen molar-refractivity contribution in [2.75, 3.05) is 19.7 Å². The minimum Gasteiger partial charge on any atom is -0.478 e. The fourth-order valence-electron chi connectivity index (χ4n) is 4.84. The molecule has 7 nitrogen and oxygen atoms in total. The van der Waals surface area contributed by atoms with Crippen LogP contribution >= 0.6 is 0 Å². The van der Waals surface area contributed by atoms with E-state index in [1.165, 1.54) is 28.5 Å². The average molecular weight is 417 g/mol. The molecule has 2 N–H and O–H groups in total. The van der Waals surface area contributed by atoms with E-state index in [9.17, 15) is 14.7 Å². The molecule has 3 aromatic rings. The SMILES string of the molecule is O=C(O)c1cn[nH]c1C1CCCN(C(=O)OCC2c3ccccc3-c3ccccc32)C1. The first-order valence-electron chi connectivity index (χ1n) is 10.5. The van der Waals surface area contributed by atoms with Gasteiger partial charge in [-0.05, 0) is 35.1 Å². The molecule has 1 atom stereocenters. The van der Waals surface area contributed by atoms with Crippen molar-refractivity contribution < 1.29 is 19.4 Å². The van der Waals surface area contributed by atoms with Gasteiger partial charge in [-0.2, -0.15) is 5.10 Å². The highest BCUT2D eigenvalue weighted by Crippen LogP contribution is 2.44. The molecule has 1 saturated heterocycles. The lowest BCUT2D eigenvalue weighted by Crippen LogP contribution is -2.40. The topological polar surface area (TPSA) is 95.5 Å². The summed E-state index contributed by atoms with van der Waals surface area (Å²) in [5, 5.41) is 16.0. The summed E-state index contributed by atoms with van der Waals surface area (Å²) in [6.07, 6.45) is 2.55. The largest absolute Gasteiger partial charge is 0.478 e. The number of hydrogen-bond donors (Lipinski definition) is 2. The normalized spacial score (nSPS) is 17.8. The zero-order valence-corrected chi connectivity index (χ0v) is 17.0. The summed E-state index contributed by atoms with van der Waals surface area (Å²) in [6.45, 7) is 1.29. The summed E-state index contributed by atoms with van der Waals surface area (Å²) in [6, 6.07) is 16.5. The Bertz CT molecular complexity index is 1090. The van der Waals surface area contributed by atoms with E-state index in [0.717, 1.165) is 12.8 Å². The summed E-state index contributed by atoms with van der Waals surface area (Å²) < 4.78 is 5.77. The monoisotopic (exact) mass is 417 g/mol. The Balaban J connectivity index is 1.29. The number of nitrogens with zero attached hydrogens (tertiary/aromatic N) is 2. The van der Waals surface area contributed by atoms with Gasteiger partial charge in [0.1, 0.15) is 12.2 Å². The lowest BCUT2D eigenvalue weighted by Gasteiger charge is -2.32. The average Bonchev–Trinajstić information content (AvgIpc) is 3.41. The minimum absolute atomic E-state index is 0.0168. The van der Waals surface area contributed by atoms with Gasteiger partial charge in [0.15, 0.2) is 0 Å². The standard InChI is InChI=1S/C24H23N3O4/c28-23(29)20-12-25-26-22(20)15-6-5-11-27(13-15)24(30)31-14-21-18-9-3-1-7-16(18)17-8-2-4-10-19(17)21/h1-4,7-10,12,15,21H,5-6,11,13-14H2,(H,25,26)(H,28,29). The second-order valence-corrected chi connectivity index (χ2v) is 8.09. The van der Waals surface area contributed by atoms with Crippen LogP contribution in [-0.4, -0.2) is 52.0 Å². The number of piperidine rings is 1. The summed E-state index contributed by atoms with van der Waals surface area (Å²) in [5.74, 6) is -1.09. The predicted molar refractivity (Wildman–Crippen MR) is 114 cm³/mol. The van der Waals surface area contributed by atoms with Crippen LogP contribution < -0.4 is 0 Å². The molecule has 1 aromatic heterocycles. The highest BCUT2D eigenvalue weighted by molar-refractivity contribution is 5.88. The molecule has 0 spiro atoms. The van der Waals surface area contributed by atoms with Gasteiger partial charge in [0.05, 0.1) is 11.9 Å². The number of ether oxygens (including phenoxy) is 1. The van der Waals surface area contributed by atoms with Crippen LogP contribution in [-0.2, 0) is 4.74 Å². The number of carboxylic acids is 1. The van der Waals surface area contributed by atoms with Crippen LogP contribution in [0.4, 0.5) is 4.79 Å². The van der Waals surface area contributed by atoms with Crippen molar-refractivity contribution in [1.82, 2.24) is 15.1 Å². The van der Waals surface area contributed by atoms with E-state index in [1.54, 1.807) is 4.90 Å². The number of nitrogens with one attached hydrogen (secondary N) is 1. The molecular weight excluding hydrogens is 394 g/mol. The van der Waals surface area contributed by atoms with E-state index in [2.05, 4.69) is 34.5 Å². The van der Waals surface area contributed by atoms with E-state index in [4.69, 9.17) is 4.74 Å². The number of H-pyrrole nitrogens is 1. The molecule has 0 bridgehead atoms. The van der Waals surface area contributed by atoms with Gasteiger partial charge in [-0.15, -0.1) is 0 Å². The summed E-state index contributed by atoms with van der Waals surface area (Å²) in [7, 11) is 0. The van der Waals surface area contributed by atoms with Gasteiger partial charge in [0, 0.05) is 24.9 Å². The van der Waals surface area contributed by atoms with E-state index in [-0.39, 0.29) is 30.1 Å². The van der Waals surface area contributed by atoms with Gasteiger partial charge in [0.25, 0.3) is 0 Å². The fraction of sp³-hybridized carbons (Fsp3) is 0.292. The number of carboxylic acid groups (broad SMARTS) is 1. The third kappa shape index (κ3) is 3.46. The number of benzene rings is 2. The molecule has 31 heavy (non-hydrogen) atoms. The zero-order valence-electron chi connectivity index (χ0n) is 17.0. The minimum atomic E-state index is -1.01. The Labute approximate surface area is 179 Å². The number of likely N-dealkylation sites (tertiary alicyclic amines) is 1. The number of aromatic carboxylic acids is 1. The lowest BCUT2D eigenvalue weighted by atomic mass is 9.93. The molecule has 0 saturated carbocycles. The number of fused-ring (bicyclic) bond motifs is 3. The Morgan fingerprint density at radius 2 is 1.77 bits per heavy atom. The molecule has 5 rings (SSSR count). The summed E-state index contributed by atoms with van der Waals surface area (Å²) >= 11 is 0. The van der Waals surface area contributed by atoms with Crippen LogP contribution in [0.2, 0.25) is 0 Å². The van der Waals surface area contributed by atoms with Crippen molar-refractivity contribution in [3.8, 4) is 11.1 Å². The first-order valence-corrected chi connectivity index (χ1v) is 10.5. The molecule has 7 heteroatoms. The summed E-state index contributed by atoms with van der Waals surface area (Å²) in [5.41, 5.74) is 5.48. The molecule has 1 fully saturated rings. The van der Waals surface area contributed by atoms with Crippen LogP contribution in [0.25, 0.3) is 11.1 Å². The van der Waals surface area contributed by atoms with Crippen molar-refractivity contribution in [3.05, 3.63) is 77.1 Å². The van der Waals surface area contributed by atoms with Crippen LogP contribution in [0.1, 0.15) is 51.9 Å². The molecule has 1 aliphatic carbocycles. The Kier molecular flexibility index (Phi) is 4.94. The molecule has 158 valence electrons. The molecule has 2 heterocycles. The van der Waals surface area contributed by atoms with Crippen molar-refractivity contribution in [2.24, 2.45) is 0 Å². The van der Waals surface area contributed by atoms with Crippen LogP contribution in [0.15, 0.2) is 54.7 Å². The number of carbonyl (C=O) groups excluding carboxylic acids is 1. The first-order chi connectivity index (χ1) is 15.1. The van der Waals surface area contributed by atoms with Gasteiger partial charge < -0.3 is 14.7 Å². The number of carbonyl (C=O) groups is 2. The van der Waals surface area contributed by atoms with Crippen molar-refractivity contribution in [1.29, 1.82) is 0 Å². The van der Waals surface area contributed by atoms with Crippen molar-refractivity contribution in [3.63, 3.8) is 0 Å². The van der Waals surface area contributed by atoms with Gasteiger partial charge in [-0.25, -0.2) is 9.59 Å². The van der Waals surface area contributed by atoms with Crippen molar-refractivity contribution in [2.45, 2.75) is 24.7 Å². The van der Waals surface area contributed by atoms with Crippen LogP contribution in [0.5, 0.6) is 0 Å². The van der Waals surface area contributed by atoms with Crippen molar-refractivity contribution >= 4 is 12.1 Å². The number of aromatic amines is 1. The van der Waals surface area contributed by atoms with Gasteiger partial charge in [-0.1, -0.05) is 48.5 Å². The highest BCUT2D eigenvalue weighted by Gasteiger charge is 2.32. The van der Waals surface area contributed by atoms with E-state index < -0.39 is 5.97 Å². The third-order valence-corrected chi connectivity index (χ3v) is 6.32. The molecular formula is C24H23N3O4. The zero-order chi connectivity index (χ0) is 21.4. The maximum absolute atomic E-state index is 12.9. The highest BCUT2D eigenvalue weighted by atomic mass is 16.6. The molecule has 1 aliphatic heterocycles. The number of rotatable bonds is 4. The second kappa shape index (κ2) is 7.91. The van der Waals surface area contributed by atoms with Gasteiger partial charge in [0.2, 0.25) is 0 Å². The first kappa shape index (κ1) is 19.4. The molecule has 1 amide bonds. The predicted octanol–water partition coefficient (Wildman–Crippen LogP) is 4.24. The summed E-state index contributed by atoms with van der Waals surface area (Å²) in [4.78, 5) is 26.0. The van der Waals surface area contributed by atoms with Crippen LogP contribution in [0.3, 0.4) is 0 Å². The lowest BCUT2D eigenvalue weighted by molar-refractivity contribution is 0.0694. The molecule has 2 aliphatic rings. The Hall–Kier alpha value is -3.61. The smallest absolute Gasteiger partial charge is 0.409 e. The van der Waals surface area contributed by atoms with E-state index >= 15 is 0 Å². The van der Waals surface area contributed by atoms with E-state index in [1.807, 2.05) is 24.3 Å². The number of aromatic nitrogens is 2. The van der Waals surface area contributed by atoms with Gasteiger partial charge >= 0.3 is 12.1 Å². The molecule has 0 radical (unpaired) electrons. The maximum Gasteiger partial charge on any atom is 0.409 e. The van der Waals surface area contributed by atoms with Gasteiger partial charge in [-0.3, -0.25) is 5.10 Å². The third-order valence-electron chi connectivity index (χ3n) is 6.32. The Morgan fingerprint density at radius 1 is 1.10 bits per heavy atom. The fourth-order valence-corrected chi connectivity index (χ4v) is 4.84. The number of hydrogen-bond acceptors (Lipinski definition) is 4. The van der Waals surface area contributed by atoms with Crippen LogP contribution in [0, 0.1) is 0 Å². The molecule has 2 aromatic carbocycles. The maximum atomic E-state index is 12.9. The second-order valence-electron chi connectivity index (χ2n) is 8.09. The number of amides is 1.